The smallest absolute Gasteiger partial charge is 0.240 e. The van der Waals surface area contributed by atoms with Crippen LogP contribution in [0.4, 0.5) is 0 Å². The Morgan fingerprint density at radius 1 is 1.36 bits per heavy atom. The van der Waals surface area contributed by atoms with Gasteiger partial charge in [-0.25, -0.2) is 0 Å². The van der Waals surface area contributed by atoms with Gasteiger partial charge in [0.25, 0.3) is 0 Å². The van der Waals surface area contributed by atoms with Gasteiger partial charge in [-0.15, -0.1) is 0 Å². The van der Waals surface area contributed by atoms with Gasteiger partial charge in [0.15, 0.2) is 0 Å². The number of ether oxygens (including phenoxy) is 1. The van der Waals surface area contributed by atoms with Crippen LogP contribution < -0.4 is 11.1 Å². The fourth-order valence-corrected chi connectivity index (χ4v) is 3.86. The van der Waals surface area contributed by atoms with Gasteiger partial charge in [-0.3, -0.25) is 4.79 Å². The summed E-state index contributed by atoms with van der Waals surface area (Å²) in [4.78, 5) is 12.5. The monoisotopic (exact) mass is 312 g/mol. The summed E-state index contributed by atoms with van der Waals surface area (Å²) in [6, 6.07) is 0. The molecule has 0 saturated heterocycles. The minimum atomic E-state index is -0.904. The summed E-state index contributed by atoms with van der Waals surface area (Å²) >= 11 is 0. The van der Waals surface area contributed by atoms with Gasteiger partial charge in [0.05, 0.1) is 12.2 Å². The van der Waals surface area contributed by atoms with Crippen molar-refractivity contribution >= 4 is 5.91 Å². The molecule has 0 aromatic rings. The molecule has 2 aliphatic carbocycles. The number of nitrogens with one attached hydrogen (secondary N) is 1. The Hall–Kier alpha value is -0.650. The average molecular weight is 312 g/mol. The molecule has 0 bridgehead atoms. The van der Waals surface area contributed by atoms with Crippen molar-refractivity contribution in [3.05, 3.63) is 0 Å². The SMILES string of the molecule is CCOC1CC(N)(C(=O)NCC(O)C2CCCCC2)C1(C)C. The van der Waals surface area contributed by atoms with Gasteiger partial charge >= 0.3 is 0 Å². The highest BCUT2D eigenvalue weighted by Gasteiger charge is 2.62. The fraction of sp³-hybridized carbons (Fsp3) is 0.941. The molecular weight excluding hydrogens is 280 g/mol. The van der Waals surface area contributed by atoms with Crippen LogP contribution in [0.25, 0.3) is 0 Å². The molecule has 0 radical (unpaired) electrons. The van der Waals surface area contributed by atoms with Crippen molar-refractivity contribution in [3.63, 3.8) is 0 Å². The Labute approximate surface area is 134 Å². The molecule has 0 aromatic carbocycles. The molecular formula is C17H32N2O3. The van der Waals surface area contributed by atoms with E-state index in [1.54, 1.807) is 0 Å². The molecule has 3 unspecified atom stereocenters. The van der Waals surface area contributed by atoms with E-state index in [0.717, 1.165) is 12.8 Å². The number of carbonyl (C=O) groups is 1. The molecule has 0 spiro atoms. The maximum absolute atomic E-state index is 12.5. The molecule has 0 aromatic heterocycles. The van der Waals surface area contributed by atoms with E-state index >= 15 is 0 Å². The summed E-state index contributed by atoms with van der Waals surface area (Å²) in [6.45, 7) is 6.85. The number of aliphatic hydroxyl groups excluding tert-OH is 1. The van der Waals surface area contributed by atoms with Crippen molar-refractivity contribution in [2.75, 3.05) is 13.2 Å². The number of carbonyl (C=O) groups excluding carboxylic acids is 1. The second-order valence-electron chi connectivity index (χ2n) is 7.52. The minimum Gasteiger partial charge on any atom is -0.391 e. The van der Waals surface area contributed by atoms with Gasteiger partial charge in [-0.05, 0) is 25.7 Å². The Morgan fingerprint density at radius 2 is 2.00 bits per heavy atom. The van der Waals surface area contributed by atoms with Crippen LogP contribution in [0.1, 0.15) is 59.3 Å². The second kappa shape index (κ2) is 6.85. The highest BCUT2D eigenvalue weighted by molar-refractivity contribution is 5.88. The van der Waals surface area contributed by atoms with E-state index in [-0.39, 0.29) is 17.4 Å². The first-order valence-electron chi connectivity index (χ1n) is 8.69. The van der Waals surface area contributed by atoms with E-state index < -0.39 is 11.6 Å². The van der Waals surface area contributed by atoms with E-state index in [0.29, 0.717) is 25.5 Å². The van der Waals surface area contributed by atoms with Crippen LogP contribution in [0, 0.1) is 11.3 Å². The van der Waals surface area contributed by atoms with Crippen LogP contribution in [0.5, 0.6) is 0 Å². The number of hydrogen-bond donors (Lipinski definition) is 3. The molecule has 0 aliphatic heterocycles. The van der Waals surface area contributed by atoms with Crippen molar-refractivity contribution < 1.29 is 14.6 Å². The van der Waals surface area contributed by atoms with Crippen LogP contribution in [-0.2, 0) is 9.53 Å². The predicted molar refractivity (Wildman–Crippen MR) is 86.3 cm³/mol. The highest BCUT2D eigenvalue weighted by Crippen LogP contribution is 2.49. The molecule has 2 saturated carbocycles. The first-order valence-corrected chi connectivity index (χ1v) is 8.69. The summed E-state index contributed by atoms with van der Waals surface area (Å²) in [5, 5.41) is 13.1. The number of hydrogen-bond acceptors (Lipinski definition) is 4. The fourth-order valence-electron chi connectivity index (χ4n) is 3.86. The van der Waals surface area contributed by atoms with Crippen LogP contribution in [0.3, 0.4) is 0 Å². The lowest BCUT2D eigenvalue weighted by molar-refractivity contribution is -0.171. The summed E-state index contributed by atoms with van der Waals surface area (Å²) in [7, 11) is 0. The Kier molecular flexibility index (Phi) is 5.51. The number of amides is 1. The van der Waals surface area contributed by atoms with Crippen LogP contribution >= 0.6 is 0 Å². The molecule has 2 aliphatic rings. The average Bonchev–Trinajstić information content (AvgIpc) is 2.52. The van der Waals surface area contributed by atoms with E-state index in [1.165, 1.54) is 19.3 Å². The number of nitrogens with two attached hydrogens (primary N) is 1. The molecule has 5 heteroatoms. The standard InChI is InChI=1S/C17H32N2O3/c1-4-22-14-10-17(18,16(14,2)3)15(21)19-11-13(20)12-8-6-5-7-9-12/h12-14,20H,4-11,18H2,1-3H3,(H,19,21). The van der Waals surface area contributed by atoms with Crippen LogP contribution in [-0.4, -0.2) is 41.9 Å². The van der Waals surface area contributed by atoms with Gasteiger partial charge < -0.3 is 20.9 Å². The number of rotatable bonds is 6. The Balaban J connectivity index is 1.84. The lowest BCUT2D eigenvalue weighted by atomic mass is 9.54. The van der Waals surface area contributed by atoms with Gasteiger partial charge in [-0.2, -0.15) is 0 Å². The van der Waals surface area contributed by atoms with Gasteiger partial charge in [0.1, 0.15) is 5.54 Å². The number of aliphatic hydroxyl groups is 1. The van der Waals surface area contributed by atoms with Crippen molar-refractivity contribution in [2.24, 2.45) is 17.1 Å². The Bertz CT molecular complexity index is 393. The molecule has 1 amide bonds. The quantitative estimate of drug-likeness (QED) is 0.695. The highest BCUT2D eigenvalue weighted by atomic mass is 16.5. The van der Waals surface area contributed by atoms with Crippen molar-refractivity contribution in [3.8, 4) is 0 Å². The van der Waals surface area contributed by atoms with Crippen LogP contribution in [0.15, 0.2) is 0 Å². The molecule has 2 fully saturated rings. The zero-order chi connectivity index (χ0) is 16.4. The van der Waals surface area contributed by atoms with E-state index in [9.17, 15) is 9.90 Å². The maximum atomic E-state index is 12.5. The molecule has 5 nitrogen and oxygen atoms in total. The zero-order valence-electron chi connectivity index (χ0n) is 14.2. The van der Waals surface area contributed by atoms with Crippen molar-refractivity contribution in [1.82, 2.24) is 5.32 Å². The molecule has 22 heavy (non-hydrogen) atoms. The summed E-state index contributed by atoms with van der Waals surface area (Å²) in [5.41, 5.74) is 5.05. The van der Waals surface area contributed by atoms with Crippen molar-refractivity contribution in [1.29, 1.82) is 0 Å². The lowest BCUT2D eigenvalue weighted by Gasteiger charge is -2.57. The summed E-state index contributed by atoms with van der Waals surface area (Å²) in [6.07, 6.45) is 5.84. The maximum Gasteiger partial charge on any atom is 0.240 e. The summed E-state index contributed by atoms with van der Waals surface area (Å²) in [5.74, 6) is 0.150. The van der Waals surface area contributed by atoms with E-state index in [2.05, 4.69) is 5.32 Å². The first-order chi connectivity index (χ1) is 10.3. The molecule has 4 N–H and O–H groups in total. The lowest BCUT2D eigenvalue weighted by Crippen LogP contribution is -2.76. The normalized spacial score (nSPS) is 33.0. The Morgan fingerprint density at radius 3 is 2.55 bits per heavy atom. The van der Waals surface area contributed by atoms with Gasteiger partial charge in [0.2, 0.25) is 5.91 Å². The largest absolute Gasteiger partial charge is 0.391 e. The third-order valence-corrected chi connectivity index (χ3v) is 5.90. The van der Waals surface area contributed by atoms with E-state index in [4.69, 9.17) is 10.5 Å². The first kappa shape index (κ1) is 17.7. The predicted octanol–water partition coefficient (Wildman–Crippen LogP) is 1.58. The zero-order valence-corrected chi connectivity index (χ0v) is 14.2. The third-order valence-electron chi connectivity index (χ3n) is 5.90. The molecule has 2 rings (SSSR count). The minimum absolute atomic E-state index is 0.0246. The van der Waals surface area contributed by atoms with Gasteiger partial charge in [-0.1, -0.05) is 33.1 Å². The topological polar surface area (TPSA) is 84.6 Å². The molecule has 0 heterocycles. The molecule has 3 atom stereocenters. The molecule has 128 valence electrons. The second-order valence-corrected chi connectivity index (χ2v) is 7.52. The summed E-state index contributed by atoms with van der Waals surface area (Å²) < 4.78 is 5.65. The van der Waals surface area contributed by atoms with Crippen molar-refractivity contribution in [2.45, 2.75) is 77.0 Å². The van der Waals surface area contributed by atoms with E-state index in [1.807, 2.05) is 20.8 Å². The van der Waals surface area contributed by atoms with Crippen LogP contribution in [0.2, 0.25) is 0 Å². The third kappa shape index (κ3) is 3.17. The van der Waals surface area contributed by atoms with Gasteiger partial charge in [0, 0.05) is 25.0 Å².